The van der Waals surface area contributed by atoms with Crippen LogP contribution in [0.5, 0.6) is 0 Å². The van der Waals surface area contributed by atoms with Crippen molar-refractivity contribution in [2.45, 2.75) is 19.1 Å². The molecule has 0 spiro atoms. The van der Waals surface area contributed by atoms with Gasteiger partial charge in [0.05, 0.1) is 19.2 Å². The minimum Gasteiger partial charge on any atom is -0.448 e. The molecule has 0 bridgehead atoms. The van der Waals surface area contributed by atoms with Crippen molar-refractivity contribution in [3.05, 3.63) is 18.5 Å². The molecule has 2 amide bonds. The zero-order valence-electron chi connectivity index (χ0n) is 12.4. The van der Waals surface area contributed by atoms with E-state index in [2.05, 4.69) is 5.10 Å². The van der Waals surface area contributed by atoms with E-state index < -0.39 is 6.09 Å². The van der Waals surface area contributed by atoms with Gasteiger partial charge in [-0.05, 0) is 12.5 Å². The first-order valence-corrected chi connectivity index (χ1v) is 7.51. The Morgan fingerprint density at radius 1 is 1.36 bits per heavy atom. The molecule has 8 nitrogen and oxygen atoms in total. The highest BCUT2D eigenvalue weighted by molar-refractivity contribution is 5.82. The maximum Gasteiger partial charge on any atom is 0.410 e. The normalized spacial score (nSPS) is 22.5. The van der Waals surface area contributed by atoms with E-state index in [-0.39, 0.29) is 18.6 Å². The second-order valence-electron chi connectivity index (χ2n) is 5.45. The molecule has 0 N–H and O–H groups in total. The van der Waals surface area contributed by atoms with E-state index in [1.165, 1.54) is 4.90 Å². The van der Waals surface area contributed by atoms with Crippen LogP contribution in [0, 0.1) is 0 Å². The lowest BCUT2D eigenvalue weighted by atomic mass is 10.3. The van der Waals surface area contributed by atoms with Gasteiger partial charge in [0, 0.05) is 32.1 Å². The van der Waals surface area contributed by atoms with Gasteiger partial charge in [0.15, 0.2) is 0 Å². The molecule has 0 radical (unpaired) electrons. The topological polar surface area (TPSA) is 76.9 Å². The number of amides is 2. The third-order valence-electron chi connectivity index (χ3n) is 3.82. The number of carbonyl (C=O) groups is 2. The molecule has 2 fully saturated rings. The van der Waals surface area contributed by atoms with Crippen LogP contribution in [0.25, 0.3) is 0 Å². The molecule has 2 saturated heterocycles. The molecule has 1 aromatic rings. The minimum absolute atomic E-state index is 0.0604. The first-order valence-electron chi connectivity index (χ1n) is 7.51. The summed E-state index contributed by atoms with van der Waals surface area (Å²) in [6.45, 7) is 3.32. The summed E-state index contributed by atoms with van der Waals surface area (Å²) >= 11 is 0. The highest BCUT2D eigenvalue weighted by Gasteiger charge is 2.28. The Labute approximate surface area is 128 Å². The van der Waals surface area contributed by atoms with Gasteiger partial charge >= 0.3 is 6.09 Å². The number of hydrogen-bond acceptors (Lipinski definition) is 5. The summed E-state index contributed by atoms with van der Waals surface area (Å²) in [5.41, 5.74) is 0. The Balaban J connectivity index is 1.57. The Kier molecular flexibility index (Phi) is 4.57. The summed E-state index contributed by atoms with van der Waals surface area (Å²) in [5.74, 6) is -0.0604. The average molecular weight is 308 g/mol. The van der Waals surface area contributed by atoms with Crippen LogP contribution in [-0.4, -0.2) is 77.1 Å². The molecule has 3 rings (SSSR count). The zero-order valence-corrected chi connectivity index (χ0v) is 12.4. The van der Waals surface area contributed by atoms with Gasteiger partial charge in [0.1, 0.15) is 13.2 Å². The predicted molar refractivity (Wildman–Crippen MR) is 76.1 cm³/mol. The number of aromatic nitrogens is 2. The Morgan fingerprint density at radius 3 is 3.00 bits per heavy atom. The standard InChI is InChI=1S/C14H20N4O4/c19-13(11-17-6-8-22-14(17)20)16-4-2-7-21-12(9-16)10-18-5-1-3-15-18/h1,3,5,12H,2,4,6-11H2/t12-/m0/s1. The summed E-state index contributed by atoms with van der Waals surface area (Å²) < 4.78 is 12.4. The summed E-state index contributed by atoms with van der Waals surface area (Å²) in [7, 11) is 0. The van der Waals surface area contributed by atoms with Crippen molar-refractivity contribution in [1.82, 2.24) is 19.6 Å². The minimum atomic E-state index is -0.410. The van der Waals surface area contributed by atoms with Gasteiger partial charge in [-0.25, -0.2) is 4.79 Å². The van der Waals surface area contributed by atoms with Crippen LogP contribution < -0.4 is 0 Å². The quantitative estimate of drug-likeness (QED) is 0.779. The number of rotatable bonds is 4. The lowest BCUT2D eigenvalue weighted by Crippen LogP contribution is -2.44. The molecular weight excluding hydrogens is 288 g/mol. The van der Waals surface area contributed by atoms with E-state index in [1.54, 1.807) is 15.8 Å². The molecule has 2 aliphatic rings. The van der Waals surface area contributed by atoms with Crippen LogP contribution in [0.1, 0.15) is 6.42 Å². The third-order valence-corrected chi connectivity index (χ3v) is 3.82. The number of cyclic esters (lactones) is 1. The fourth-order valence-corrected chi connectivity index (χ4v) is 2.68. The number of carbonyl (C=O) groups excluding carboxylic acids is 2. The van der Waals surface area contributed by atoms with Crippen LogP contribution in [0.15, 0.2) is 18.5 Å². The van der Waals surface area contributed by atoms with Crippen LogP contribution in [0.3, 0.4) is 0 Å². The van der Waals surface area contributed by atoms with Crippen LogP contribution >= 0.6 is 0 Å². The lowest BCUT2D eigenvalue weighted by molar-refractivity contribution is -0.132. The SMILES string of the molecule is O=C(CN1CCOC1=O)N1CCCO[C@H](Cn2cccn2)C1. The van der Waals surface area contributed by atoms with Gasteiger partial charge < -0.3 is 14.4 Å². The molecule has 0 saturated carbocycles. The number of nitrogens with zero attached hydrogens (tertiary/aromatic N) is 4. The molecule has 120 valence electrons. The van der Waals surface area contributed by atoms with E-state index in [4.69, 9.17) is 9.47 Å². The molecule has 0 aromatic carbocycles. The predicted octanol–water partition coefficient (Wildman–Crippen LogP) is -0.0472. The highest BCUT2D eigenvalue weighted by atomic mass is 16.6. The molecule has 3 heterocycles. The lowest BCUT2D eigenvalue weighted by Gasteiger charge is -2.25. The Morgan fingerprint density at radius 2 is 2.27 bits per heavy atom. The van der Waals surface area contributed by atoms with Gasteiger partial charge in [0.2, 0.25) is 5.91 Å². The second kappa shape index (κ2) is 6.78. The maximum absolute atomic E-state index is 12.4. The van der Waals surface area contributed by atoms with Crippen LogP contribution in [0.2, 0.25) is 0 Å². The third kappa shape index (κ3) is 3.56. The van der Waals surface area contributed by atoms with Crippen molar-refractivity contribution >= 4 is 12.0 Å². The summed E-state index contributed by atoms with van der Waals surface area (Å²) in [6, 6.07) is 1.86. The first kappa shape index (κ1) is 14.8. The fourth-order valence-electron chi connectivity index (χ4n) is 2.68. The van der Waals surface area contributed by atoms with E-state index in [1.807, 2.05) is 12.3 Å². The molecular formula is C14H20N4O4. The van der Waals surface area contributed by atoms with Crippen molar-refractivity contribution in [3.8, 4) is 0 Å². The molecule has 22 heavy (non-hydrogen) atoms. The molecule has 1 atom stereocenters. The summed E-state index contributed by atoms with van der Waals surface area (Å²) in [5, 5.41) is 4.17. The molecule has 0 aliphatic carbocycles. The van der Waals surface area contributed by atoms with Crippen LogP contribution in [0.4, 0.5) is 4.79 Å². The van der Waals surface area contributed by atoms with Gasteiger partial charge in [-0.1, -0.05) is 0 Å². The maximum atomic E-state index is 12.4. The van der Waals surface area contributed by atoms with Gasteiger partial charge in [-0.2, -0.15) is 5.10 Å². The van der Waals surface area contributed by atoms with Crippen molar-refractivity contribution in [3.63, 3.8) is 0 Å². The van der Waals surface area contributed by atoms with E-state index in [9.17, 15) is 9.59 Å². The number of hydrogen-bond donors (Lipinski definition) is 0. The summed E-state index contributed by atoms with van der Waals surface area (Å²) in [4.78, 5) is 27.0. The smallest absolute Gasteiger partial charge is 0.410 e. The monoisotopic (exact) mass is 308 g/mol. The largest absolute Gasteiger partial charge is 0.448 e. The number of ether oxygens (including phenoxy) is 2. The van der Waals surface area contributed by atoms with Crippen LogP contribution in [-0.2, 0) is 20.8 Å². The van der Waals surface area contributed by atoms with E-state index in [0.717, 1.165) is 6.42 Å². The van der Waals surface area contributed by atoms with Gasteiger partial charge in [-0.15, -0.1) is 0 Å². The summed E-state index contributed by atoms with van der Waals surface area (Å²) in [6.07, 6.45) is 3.90. The van der Waals surface area contributed by atoms with Crippen molar-refractivity contribution < 1.29 is 19.1 Å². The Bertz CT molecular complexity index is 519. The van der Waals surface area contributed by atoms with Crippen molar-refractivity contribution in [2.24, 2.45) is 0 Å². The van der Waals surface area contributed by atoms with E-state index >= 15 is 0 Å². The molecule has 8 heteroatoms. The zero-order chi connectivity index (χ0) is 15.4. The van der Waals surface area contributed by atoms with Gasteiger partial charge in [-0.3, -0.25) is 14.4 Å². The van der Waals surface area contributed by atoms with Gasteiger partial charge in [0.25, 0.3) is 0 Å². The van der Waals surface area contributed by atoms with E-state index in [0.29, 0.717) is 39.4 Å². The molecule has 1 aromatic heterocycles. The molecule has 2 aliphatic heterocycles. The van der Waals surface area contributed by atoms with Crippen molar-refractivity contribution in [2.75, 3.05) is 39.4 Å². The fraction of sp³-hybridized carbons (Fsp3) is 0.643. The second-order valence-corrected chi connectivity index (χ2v) is 5.45. The first-order chi connectivity index (χ1) is 10.7. The van der Waals surface area contributed by atoms with Crippen molar-refractivity contribution in [1.29, 1.82) is 0 Å². The highest BCUT2D eigenvalue weighted by Crippen LogP contribution is 2.10. The molecule has 0 unspecified atom stereocenters. The Hall–Kier alpha value is -2.09. The average Bonchev–Trinajstić information content (AvgIpc) is 3.08.